The molecule has 9 nitrogen and oxygen atoms in total. The van der Waals surface area contributed by atoms with Gasteiger partial charge in [0, 0.05) is 57.9 Å². The number of morpholine rings is 1. The summed E-state index contributed by atoms with van der Waals surface area (Å²) < 4.78 is 32.2. The average molecular weight is 500 g/mol. The highest BCUT2D eigenvalue weighted by Gasteiger charge is 2.26. The number of sulfonamides is 1. The summed E-state index contributed by atoms with van der Waals surface area (Å²) in [5.74, 6) is -0.138. The molecule has 10 heteroatoms. The molecule has 188 valence electrons. The Morgan fingerprint density at radius 3 is 2.26 bits per heavy atom. The SMILES string of the molecule is C/C(=N\NC(=O)CCN1CCN(c2ccccc2)CC1)c1ccc(S(=O)(=O)N2CCOCC2)cc1. The monoisotopic (exact) mass is 499 g/mol. The molecule has 2 aromatic carbocycles. The van der Waals surface area contributed by atoms with E-state index in [-0.39, 0.29) is 10.8 Å². The van der Waals surface area contributed by atoms with Gasteiger partial charge >= 0.3 is 0 Å². The molecule has 0 unspecified atom stereocenters. The van der Waals surface area contributed by atoms with E-state index in [0.29, 0.717) is 45.0 Å². The summed E-state index contributed by atoms with van der Waals surface area (Å²) in [6, 6.07) is 17.0. The lowest BCUT2D eigenvalue weighted by Gasteiger charge is -2.36. The molecule has 2 aliphatic rings. The summed E-state index contributed by atoms with van der Waals surface area (Å²) in [5.41, 5.74) is 5.23. The predicted octanol–water partition coefficient (Wildman–Crippen LogP) is 1.76. The maximum absolute atomic E-state index is 12.8. The molecule has 0 saturated carbocycles. The van der Waals surface area contributed by atoms with Crippen LogP contribution in [0, 0.1) is 0 Å². The van der Waals surface area contributed by atoms with Gasteiger partial charge in [0.2, 0.25) is 15.9 Å². The summed E-state index contributed by atoms with van der Waals surface area (Å²) >= 11 is 0. The van der Waals surface area contributed by atoms with Crippen LogP contribution in [0.5, 0.6) is 0 Å². The fraction of sp³-hybridized carbons (Fsp3) is 0.440. The molecule has 35 heavy (non-hydrogen) atoms. The van der Waals surface area contributed by atoms with Gasteiger partial charge in [0.25, 0.3) is 0 Å². The number of benzene rings is 2. The van der Waals surface area contributed by atoms with Crippen molar-refractivity contribution in [3.63, 3.8) is 0 Å². The first-order valence-corrected chi connectivity index (χ1v) is 13.4. The second-order valence-electron chi connectivity index (χ2n) is 8.69. The molecule has 0 spiro atoms. The lowest BCUT2D eigenvalue weighted by Crippen LogP contribution is -2.47. The highest BCUT2D eigenvalue weighted by Crippen LogP contribution is 2.18. The zero-order chi connectivity index (χ0) is 24.7. The molecule has 1 N–H and O–H groups in total. The molecule has 2 aromatic rings. The number of nitrogens with one attached hydrogen (secondary N) is 1. The number of piperazine rings is 1. The molecular formula is C25H33N5O4S. The van der Waals surface area contributed by atoms with Crippen LogP contribution in [-0.4, -0.2) is 88.3 Å². The fourth-order valence-electron chi connectivity index (χ4n) is 4.20. The van der Waals surface area contributed by atoms with Crippen molar-refractivity contribution in [1.29, 1.82) is 0 Å². The van der Waals surface area contributed by atoms with Gasteiger partial charge in [-0.25, -0.2) is 13.8 Å². The van der Waals surface area contributed by atoms with Crippen molar-refractivity contribution in [2.75, 3.05) is 63.9 Å². The van der Waals surface area contributed by atoms with Gasteiger partial charge in [-0.05, 0) is 36.8 Å². The largest absolute Gasteiger partial charge is 0.379 e. The highest BCUT2D eigenvalue weighted by atomic mass is 32.2. The van der Waals surface area contributed by atoms with Crippen molar-refractivity contribution >= 4 is 27.3 Å². The van der Waals surface area contributed by atoms with Gasteiger partial charge < -0.3 is 9.64 Å². The lowest BCUT2D eigenvalue weighted by atomic mass is 10.1. The topological polar surface area (TPSA) is 94.6 Å². The van der Waals surface area contributed by atoms with Crippen LogP contribution in [0.25, 0.3) is 0 Å². The van der Waals surface area contributed by atoms with E-state index in [0.717, 1.165) is 31.7 Å². The molecule has 2 aliphatic heterocycles. The third kappa shape index (κ3) is 6.66. The number of para-hydroxylation sites is 1. The van der Waals surface area contributed by atoms with Crippen molar-refractivity contribution in [2.24, 2.45) is 5.10 Å². The molecule has 2 saturated heterocycles. The lowest BCUT2D eigenvalue weighted by molar-refractivity contribution is -0.121. The Kier molecular flexibility index (Phi) is 8.50. The number of carbonyl (C=O) groups excluding carboxylic acids is 1. The molecule has 2 heterocycles. The summed E-state index contributed by atoms with van der Waals surface area (Å²) in [4.78, 5) is 17.2. The van der Waals surface area contributed by atoms with Crippen LogP contribution in [0.2, 0.25) is 0 Å². The molecule has 4 rings (SSSR count). The zero-order valence-corrected chi connectivity index (χ0v) is 20.9. The smallest absolute Gasteiger partial charge is 0.243 e. The fourth-order valence-corrected chi connectivity index (χ4v) is 5.61. The number of hydrogen-bond acceptors (Lipinski definition) is 7. The third-order valence-electron chi connectivity index (χ3n) is 6.38. The normalized spacial score (nSPS) is 18.4. The molecule has 0 aliphatic carbocycles. The summed E-state index contributed by atoms with van der Waals surface area (Å²) in [5, 5.41) is 4.21. The van der Waals surface area contributed by atoms with Crippen molar-refractivity contribution in [1.82, 2.24) is 14.6 Å². The van der Waals surface area contributed by atoms with Crippen LogP contribution in [0.15, 0.2) is 64.6 Å². The van der Waals surface area contributed by atoms with Crippen LogP contribution < -0.4 is 10.3 Å². The number of amides is 1. The van der Waals surface area contributed by atoms with Crippen molar-refractivity contribution in [3.05, 3.63) is 60.2 Å². The van der Waals surface area contributed by atoms with Gasteiger partial charge in [0.15, 0.2) is 0 Å². The number of rotatable bonds is 8. The maximum Gasteiger partial charge on any atom is 0.243 e. The van der Waals surface area contributed by atoms with Crippen LogP contribution in [-0.2, 0) is 19.6 Å². The van der Waals surface area contributed by atoms with E-state index in [1.165, 1.54) is 9.99 Å². The van der Waals surface area contributed by atoms with Gasteiger partial charge in [-0.15, -0.1) is 0 Å². The van der Waals surface area contributed by atoms with Crippen LogP contribution in [0.4, 0.5) is 5.69 Å². The van der Waals surface area contributed by atoms with E-state index in [2.05, 4.69) is 44.6 Å². The van der Waals surface area contributed by atoms with E-state index in [4.69, 9.17) is 4.74 Å². The minimum atomic E-state index is -3.53. The number of carbonyl (C=O) groups is 1. The van der Waals surface area contributed by atoms with Gasteiger partial charge in [-0.1, -0.05) is 30.3 Å². The van der Waals surface area contributed by atoms with Gasteiger partial charge in [-0.2, -0.15) is 9.41 Å². The first-order valence-electron chi connectivity index (χ1n) is 12.0. The Labute approximate surface area is 207 Å². The Bertz CT molecular complexity index is 1110. The molecule has 0 aromatic heterocycles. The van der Waals surface area contributed by atoms with E-state index in [1.807, 2.05) is 6.07 Å². The number of hydrazone groups is 1. The van der Waals surface area contributed by atoms with Crippen LogP contribution in [0.3, 0.4) is 0 Å². The second kappa shape index (κ2) is 11.8. The number of anilines is 1. The Morgan fingerprint density at radius 2 is 1.60 bits per heavy atom. The second-order valence-corrected chi connectivity index (χ2v) is 10.6. The number of nitrogens with zero attached hydrogens (tertiary/aromatic N) is 4. The van der Waals surface area contributed by atoms with Crippen molar-refractivity contribution in [3.8, 4) is 0 Å². The zero-order valence-electron chi connectivity index (χ0n) is 20.1. The van der Waals surface area contributed by atoms with Crippen molar-refractivity contribution in [2.45, 2.75) is 18.2 Å². The number of hydrogen-bond donors (Lipinski definition) is 1. The average Bonchev–Trinajstić information content (AvgIpc) is 2.92. The van der Waals surface area contributed by atoms with E-state index >= 15 is 0 Å². The standard InChI is InChI=1S/C25H33N5O4S/c1-21(22-7-9-24(10-8-22)35(32,33)30-17-19-34-20-18-30)26-27-25(31)11-12-28-13-15-29(16-14-28)23-5-3-2-4-6-23/h2-10H,11-20H2,1H3,(H,27,31)/b26-21+. The van der Waals surface area contributed by atoms with Gasteiger partial charge in [0.05, 0.1) is 23.8 Å². The first kappa shape index (κ1) is 25.3. The first-order chi connectivity index (χ1) is 16.9. The summed E-state index contributed by atoms with van der Waals surface area (Å²) in [6.07, 6.45) is 0.374. The Morgan fingerprint density at radius 1 is 0.943 bits per heavy atom. The predicted molar refractivity (Wildman–Crippen MR) is 136 cm³/mol. The van der Waals surface area contributed by atoms with Crippen LogP contribution >= 0.6 is 0 Å². The summed E-state index contributed by atoms with van der Waals surface area (Å²) in [6.45, 7) is 7.75. The van der Waals surface area contributed by atoms with Gasteiger partial charge in [-0.3, -0.25) is 9.69 Å². The summed E-state index contributed by atoms with van der Waals surface area (Å²) in [7, 11) is -3.53. The minimum Gasteiger partial charge on any atom is -0.379 e. The van der Waals surface area contributed by atoms with E-state index in [1.54, 1.807) is 31.2 Å². The molecule has 0 radical (unpaired) electrons. The highest BCUT2D eigenvalue weighted by molar-refractivity contribution is 7.89. The van der Waals surface area contributed by atoms with Gasteiger partial charge in [0.1, 0.15) is 0 Å². The quantitative estimate of drug-likeness (QED) is 0.439. The molecule has 0 atom stereocenters. The Balaban J connectivity index is 1.22. The number of ether oxygens (including phenoxy) is 1. The minimum absolute atomic E-state index is 0.138. The molecule has 2 fully saturated rings. The molecule has 0 bridgehead atoms. The van der Waals surface area contributed by atoms with E-state index in [9.17, 15) is 13.2 Å². The van der Waals surface area contributed by atoms with Crippen molar-refractivity contribution < 1.29 is 17.9 Å². The molecular weight excluding hydrogens is 466 g/mol. The van der Waals surface area contributed by atoms with E-state index < -0.39 is 10.0 Å². The molecule has 1 amide bonds. The third-order valence-corrected chi connectivity index (χ3v) is 8.29. The maximum atomic E-state index is 12.8. The Hall–Kier alpha value is -2.79. The van der Waals surface area contributed by atoms with Crippen LogP contribution in [0.1, 0.15) is 18.9 Å².